The van der Waals surface area contributed by atoms with Crippen molar-refractivity contribution < 1.29 is 14.5 Å². The van der Waals surface area contributed by atoms with Gasteiger partial charge in [-0.25, -0.2) is 0 Å². The van der Waals surface area contributed by atoms with Crippen LogP contribution in [0.25, 0.3) is 0 Å². The van der Waals surface area contributed by atoms with Crippen molar-refractivity contribution in [3.63, 3.8) is 0 Å². The Kier molecular flexibility index (Phi) is 8.01. The summed E-state index contributed by atoms with van der Waals surface area (Å²) < 4.78 is 0. The average Bonchev–Trinajstić information content (AvgIpc) is 3.04. The number of amides is 2. The summed E-state index contributed by atoms with van der Waals surface area (Å²) in [5.41, 5.74) is 0.430. The van der Waals surface area contributed by atoms with Gasteiger partial charge in [0.05, 0.1) is 11.5 Å². The van der Waals surface area contributed by atoms with Crippen molar-refractivity contribution in [1.29, 1.82) is 0 Å². The lowest BCUT2D eigenvalue weighted by Gasteiger charge is -2.35. The summed E-state index contributed by atoms with van der Waals surface area (Å²) in [4.78, 5) is 41.6. The number of carbonyl (C=O) groups excluding carboxylic acids is 2. The van der Waals surface area contributed by atoms with Crippen molar-refractivity contribution in [2.45, 2.75) is 32.1 Å². The second kappa shape index (κ2) is 10.9. The molecular formula is C21H31N5O4. The molecule has 2 aliphatic heterocycles. The summed E-state index contributed by atoms with van der Waals surface area (Å²) in [6.07, 6.45) is 4.87. The molecule has 3 rings (SSSR count). The molecule has 0 spiro atoms. The van der Waals surface area contributed by atoms with E-state index in [9.17, 15) is 19.7 Å². The van der Waals surface area contributed by atoms with Gasteiger partial charge in [-0.05, 0) is 18.9 Å². The van der Waals surface area contributed by atoms with Crippen LogP contribution in [-0.2, 0) is 9.59 Å². The maximum Gasteiger partial charge on any atom is 0.292 e. The lowest BCUT2D eigenvalue weighted by atomic mass is 10.2. The minimum atomic E-state index is -0.434. The highest BCUT2D eigenvalue weighted by Crippen LogP contribution is 2.23. The van der Waals surface area contributed by atoms with Gasteiger partial charge in [-0.1, -0.05) is 25.0 Å². The molecular weight excluding hydrogens is 386 g/mol. The van der Waals surface area contributed by atoms with Gasteiger partial charge in [0.15, 0.2) is 0 Å². The van der Waals surface area contributed by atoms with E-state index in [1.165, 1.54) is 18.9 Å². The van der Waals surface area contributed by atoms with E-state index in [1.54, 1.807) is 18.2 Å². The summed E-state index contributed by atoms with van der Waals surface area (Å²) in [6, 6.07) is 6.42. The van der Waals surface area contributed by atoms with Crippen LogP contribution < -0.4 is 5.32 Å². The van der Waals surface area contributed by atoms with Crippen LogP contribution in [0.1, 0.15) is 32.1 Å². The predicted octanol–water partition coefficient (Wildman–Crippen LogP) is 1.94. The topological polar surface area (TPSA) is 99.0 Å². The predicted molar refractivity (Wildman–Crippen MR) is 114 cm³/mol. The van der Waals surface area contributed by atoms with Gasteiger partial charge in [0.2, 0.25) is 11.8 Å². The summed E-state index contributed by atoms with van der Waals surface area (Å²) in [5, 5.41) is 14.0. The number of carbonyl (C=O) groups is 2. The molecule has 2 saturated heterocycles. The average molecular weight is 418 g/mol. The van der Waals surface area contributed by atoms with Crippen LogP contribution in [0.4, 0.5) is 11.4 Å². The van der Waals surface area contributed by atoms with Crippen LogP contribution in [0.5, 0.6) is 0 Å². The van der Waals surface area contributed by atoms with Gasteiger partial charge >= 0.3 is 0 Å². The Morgan fingerprint density at radius 3 is 2.20 bits per heavy atom. The highest BCUT2D eigenvalue weighted by molar-refractivity contribution is 5.79. The first-order valence-corrected chi connectivity index (χ1v) is 10.8. The molecule has 2 amide bonds. The zero-order valence-corrected chi connectivity index (χ0v) is 17.4. The monoisotopic (exact) mass is 417 g/mol. The normalized spacial score (nSPS) is 18.0. The molecule has 1 aromatic rings. The molecule has 0 unspecified atom stereocenters. The Morgan fingerprint density at radius 2 is 1.53 bits per heavy atom. The number of rotatable bonds is 7. The fourth-order valence-electron chi connectivity index (χ4n) is 4.01. The number of hydrogen-bond acceptors (Lipinski definition) is 6. The molecule has 0 bridgehead atoms. The highest BCUT2D eigenvalue weighted by atomic mass is 16.6. The van der Waals surface area contributed by atoms with E-state index < -0.39 is 4.92 Å². The van der Waals surface area contributed by atoms with Gasteiger partial charge in [0.1, 0.15) is 5.69 Å². The Balaban J connectivity index is 1.38. The van der Waals surface area contributed by atoms with Crippen molar-refractivity contribution in [2.75, 3.05) is 57.7 Å². The molecule has 0 radical (unpaired) electrons. The number of hydrogen-bond donors (Lipinski definition) is 1. The molecule has 9 heteroatoms. The number of nitro groups is 1. The van der Waals surface area contributed by atoms with E-state index in [2.05, 4.69) is 10.2 Å². The van der Waals surface area contributed by atoms with Gasteiger partial charge < -0.3 is 15.1 Å². The maximum absolute atomic E-state index is 12.5. The number of likely N-dealkylation sites (tertiary alicyclic amines) is 1. The third-order valence-corrected chi connectivity index (χ3v) is 5.80. The molecule has 0 saturated carbocycles. The molecule has 0 atom stereocenters. The number of para-hydroxylation sites is 2. The fraction of sp³-hybridized carbons (Fsp3) is 0.619. The van der Waals surface area contributed by atoms with E-state index >= 15 is 0 Å². The minimum absolute atomic E-state index is 0.00707. The summed E-state index contributed by atoms with van der Waals surface area (Å²) in [5.74, 6) is 0.227. The van der Waals surface area contributed by atoms with Crippen molar-refractivity contribution in [3.8, 4) is 0 Å². The van der Waals surface area contributed by atoms with Crippen molar-refractivity contribution >= 4 is 23.2 Å². The lowest BCUT2D eigenvalue weighted by molar-refractivity contribution is -0.384. The number of piperazine rings is 1. The van der Waals surface area contributed by atoms with Crippen LogP contribution in [0.2, 0.25) is 0 Å². The molecule has 1 aromatic carbocycles. The first-order chi connectivity index (χ1) is 14.5. The van der Waals surface area contributed by atoms with Crippen LogP contribution in [0.15, 0.2) is 24.3 Å². The Morgan fingerprint density at radius 1 is 0.900 bits per heavy atom. The molecule has 164 valence electrons. The SMILES string of the molecule is O=C(CCNc1ccccc1[N+](=O)[O-])N1CCN(CC(=O)N2CCCCCC2)CC1. The van der Waals surface area contributed by atoms with Crippen molar-refractivity contribution in [1.82, 2.24) is 14.7 Å². The molecule has 9 nitrogen and oxygen atoms in total. The van der Waals surface area contributed by atoms with Gasteiger partial charge in [-0.3, -0.25) is 24.6 Å². The largest absolute Gasteiger partial charge is 0.379 e. The van der Waals surface area contributed by atoms with Gasteiger partial charge in [-0.15, -0.1) is 0 Å². The van der Waals surface area contributed by atoms with Crippen LogP contribution in [0, 0.1) is 10.1 Å². The molecule has 0 aromatic heterocycles. The second-order valence-electron chi connectivity index (χ2n) is 7.90. The number of benzene rings is 1. The van der Waals surface area contributed by atoms with Crippen LogP contribution in [-0.4, -0.2) is 83.8 Å². The van der Waals surface area contributed by atoms with Crippen molar-refractivity contribution in [3.05, 3.63) is 34.4 Å². The summed E-state index contributed by atoms with van der Waals surface area (Å²) in [6.45, 7) is 5.12. The maximum atomic E-state index is 12.5. The van der Waals surface area contributed by atoms with E-state index in [0.29, 0.717) is 45.0 Å². The van der Waals surface area contributed by atoms with Gasteiger partial charge in [0, 0.05) is 58.3 Å². The zero-order chi connectivity index (χ0) is 21.3. The Hall–Kier alpha value is -2.68. The molecule has 1 N–H and O–H groups in total. The van der Waals surface area contributed by atoms with Crippen LogP contribution in [0.3, 0.4) is 0 Å². The molecule has 0 aliphatic carbocycles. The summed E-state index contributed by atoms with van der Waals surface area (Å²) >= 11 is 0. The quantitative estimate of drug-likeness (QED) is 0.538. The fourth-order valence-corrected chi connectivity index (χ4v) is 4.01. The third kappa shape index (κ3) is 6.16. The first kappa shape index (κ1) is 22.0. The van der Waals surface area contributed by atoms with E-state index in [0.717, 1.165) is 25.9 Å². The van der Waals surface area contributed by atoms with Gasteiger partial charge in [-0.2, -0.15) is 0 Å². The molecule has 30 heavy (non-hydrogen) atoms. The van der Waals surface area contributed by atoms with E-state index in [1.807, 2.05) is 9.80 Å². The molecule has 2 heterocycles. The first-order valence-electron chi connectivity index (χ1n) is 10.8. The molecule has 2 aliphatic rings. The zero-order valence-electron chi connectivity index (χ0n) is 17.4. The Labute approximate surface area is 177 Å². The number of nitro benzene ring substituents is 1. The van der Waals surface area contributed by atoms with Gasteiger partial charge in [0.25, 0.3) is 5.69 Å². The highest BCUT2D eigenvalue weighted by Gasteiger charge is 2.24. The summed E-state index contributed by atoms with van der Waals surface area (Å²) in [7, 11) is 0. The van der Waals surface area contributed by atoms with E-state index in [4.69, 9.17) is 0 Å². The third-order valence-electron chi connectivity index (χ3n) is 5.80. The lowest BCUT2D eigenvalue weighted by Crippen LogP contribution is -2.51. The molecule has 2 fully saturated rings. The van der Waals surface area contributed by atoms with Crippen molar-refractivity contribution in [2.24, 2.45) is 0 Å². The minimum Gasteiger partial charge on any atom is -0.379 e. The smallest absolute Gasteiger partial charge is 0.292 e. The Bertz CT molecular complexity index is 741. The number of anilines is 1. The number of nitrogens with zero attached hydrogens (tertiary/aromatic N) is 4. The second-order valence-corrected chi connectivity index (χ2v) is 7.90. The standard InChI is InChI=1S/C21H31N5O4/c27-20(9-10-22-18-7-3-4-8-19(18)26(29)30)25-15-13-23(14-16-25)17-21(28)24-11-5-1-2-6-12-24/h3-4,7-8,22H,1-2,5-6,9-17H2. The van der Waals surface area contributed by atoms with Crippen LogP contribution >= 0.6 is 0 Å². The van der Waals surface area contributed by atoms with E-state index in [-0.39, 0.29) is 23.9 Å². The number of nitrogens with one attached hydrogen (secondary N) is 1.